The first-order chi connectivity index (χ1) is 6.25. The second-order valence-corrected chi connectivity index (χ2v) is 5.85. The molecule has 0 saturated heterocycles. The first-order valence-electron chi connectivity index (χ1n) is 4.51. The van der Waals surface area contributed by atoms with E-state index in [4.69, 9.17) is 4.74 Å². The standard InChI is InChI=1S/C9H18O4S/c1-5-9(2,13-3)8(10)6-7-14(4,11)12/h5-7H2,1-4H3. The number of ketones is 1. The van der Waals surface area contributed by atoms with E-state index in [1.807, 2.05) is 6.92 Å². The summed E-state index contributed by atoms with van der Waals surface area (Å²) in [6.45, 7) is 3.51. The molecule has 0 spiro atoms. The van der Waals surface area contributed by atoms with Crippen molar-refractivity contribution in [1.82, 2.24) is 0 Å². The topological polar surface area (TPSA) is 60.4 Å². The van der Waals surface area contributed by atoms with Crippen LogP contribution in [-0.4, -0.2) is 38.9 Å². The van der Waals surface area contributed by atoms with E-state index in [9.17, 15) is 13.2 Å². The van der Waals surface area contributed by atoms with Crippen LogP contribution in [0.2, 0.25) is 0 Å². The Balaban J connectivity index is 4.35. The lowest BCUT2D eigenvalue weighted by molar-refractivity contribution is -0.138. The molecule has 0 bridgehead atoms. The molecule has 0 aliphatic carbocycles. The summed E-state index contributed by atoms with van der Waals surface area (Å²) >= 11 is 0. The van der Waals surface area contributed by atoms with Crippen LogP contribution in [0.4, 0.5) is 0 Å². The number of rotatable bonds is 6. The number of hydrogen-bond acceptors (Lipinski definition) is 4. The van der Waals surface area contributed by atoms with Crippen molar-refractivity contribution in [2.24, 2.45) is 0 Å². The highest BCUT2D eigenvalue weighted by Crippen LogP contribution is 2.17. The molecule has 0 rings (SSSR count). The number of carbonyl (C=O) groups is 1. The summed E-state index contributed by atoms with van der Waals surface area (Å²) in [7, 11) is -1.61. The van der Waals surface area contributed by atoms with Crippen LogP contribution < -0.4 is 0 Å². The fourth-order valence-electron chi connectivity index (χ4n) is 0.998. The van der Waals surface area contributed by atoms with Crippen molar-refractivity contribution in [2.75, 3.05) is 19.1 Å². The van der Waals surface area contributed by atoms with Crippen LogP contribution in [0.3, 0.4) is 0 Å². The van der Waals surface area contributed by atoms with E-state index >= 15 is 0 Å². The quantitative estimate of drug-likeness (QED) is 0.667. The minimum absolute atomic E-state index is 0.0248. The van der Waals surface area contributed by atoms with Crippen molar-refractivity contribution in [3.8, 4) is 0 Å². The predicted octanol–water partition coefficient (Wildman–Crippen LogP) is 0.805. The summed E-state index contributed by atoms with van der Waals surface area (Å²) in [5, 5.41) is 0. The molecule has 0 aromatic rings. The van der Waals surface area contributed by atoms with Gasteiger partial charge in [-0.05, 0) is 13.3 Å². The highest BCUT2D eigenvalue weighted by Gasteiger charge is 2.30. The zero-order valence-electron chi connectivity index (χ0n) is 9.16. The predicted molar refractivity (Wildman–Crippen MR) is 55.0 cm³/mol. The SMILES string of the molecule is CCC(C)(OC)C(=O)CCS(C)(=O)=O. The Hall–Kier alpha value is -0.420. The average Bonchev–Trinajstić information content (AvgIpc) is 2.11. The molecule has 0 saturated carbocycles. The second kappa shape index (κ2) is 4.89. The number of ether oxygens (including phenoxy) is 1. The second-order valence-electron chi connectivity index (χ2n) is 3.59. The minimum atomic E-state index is -3.07. The molecule has 1 atom stereocenters. The summed E-state index contributed by atoms with van der Waals surface area (Å²) < 4.78 is 26.8. The molecule has 0 radical (unpaired) electrons. The number of Topliss-reactive ketones (excluding diaryl/α,β-unsaturated/α-hetero) is 1. The van der Waals surface area contributed by atoms with Crippen LogP contribution in [0.1, 0.15) is 26.7 Å². The largest absolute Gasteiger partial charge is 0.371 e. The lowest BCUT2D eigenvalue weighted by Crippen LogP contribution is -2.37. The van der Waals surface area contributed by atoms with Crippen LogP contribution >= 0.6 is 0 Å². The highest BCUT2D eigenvalue weighted by atomic mass is 32.2. The van der Waals surface area contributed by atoms with Gasteiger partial charge in [0.25, 0.3) is 0 Å². The van der Waals surface area contributed by atoms with Crippen molar-refractivity contribution >= 4 is 15.6 Å². The van der Waals surface area contributed by atoms with Crippen molar-refractivity contribution in [1.29, 1.82) is 0 Å². The van der Waals surface area contributed by atoms with E-state index in [0.717, 1.165) is 6.26 Å². The first kappa shape index (κ1) is 13.6. The van der Waals surface area contributed by atoms with Crippen molar-refractivity contribution in [3.63, 3.8) is 0 Å². The number of sulfone groups is 1. The van der Waals surface area contributed by atoms with E-state index < -0.39 is 15.4 Å². The monoisotopic (exact) mass is 222 g/mol. The Kier molecular flexibility index (Phi) is 4.74. The zero-order chi connectivity index (χ0) is 11.4. The number of carbonyl (C=O) groups excluding carboxylic acids is 1. The lowest BCUT2D eigenvalue weighted by atomic mass is 9.96. The Morgan fingerprint density at radius 3 is 2.21 bits per heavy atom. The third-order valence-electron chi connectivity index (χ3n) is 2.41. The van der Waals surface area contributed by atoms with Gasteiger partial charge < -0.3 is 4.74 Å². The van der Waals surface area contributed by atoms with Crippen LogP contribution in [0.5, 0.6) is 0 Å². The molecule has 0 N–H and O–H groups in total. The van der Waals surface area contributed by atoms with E-state index in [0.29, 0.717) is 6.42 Å². The molecule has 0 aromatic heterocycles. The van der Waals surface area contributed by atoms with Gasteiger partial charge in [-0.1, -0.05) is 6.92 Å². The van der Waals surface area contributed by atoms with Crippen molar-refractivity contribution < 1.29 is 17.9 Å². The van der Waals surface area contributed by atoms with E-state index in [2.05, 4.69) is 0 Å². The van der Waals surface area contributed by atoms with Gasteiger partial charge in [-0.2, -0.15) is 0 Å². The molecule has 0 aliphatic heterocycles. The summed E-state index contributed by atoms with van der Waals surface area (Å²) in [5.74, 6) is -0.266. The third kappa shape index (κ3) is 4.19. The van der Waals surface area contributed by atoms with E-state index in [1.54, 1.807) is 6.92 Å². The van der Waals surface area contributed by atoms with E-state index in [-0.39, 0.29) is 18.0 Å². The van der Waals surface area contributed by atoms with Gasteiger partial charge >= 0.3 is 0 Å². The van der Waals surface area contributed by atoms with Crippen molar-refractivity contribution in [2.45, 2.75) is 32.3 Å². The molecule has 0 aromatic carbocycles. The van der Waals surface area contributed by atoms with E-state index in [1.165, 1.54) is 7.11 Å². The van der Waals surface area contributed by atoms with Gasteiger partial charge in [0.15, 0.2) is 5.78 Å². The van der Waals surface area contributed by atoms with Gasteiger partial charge in [-0.15, -0.1) is 0 Å². The molecule has 0 amide bonds. The highest BCUT2D eigenvalue weighted by molar-refractivity contribution is 7.90. The maximum Gasteiger partial charge on any atom is 0.165 e. The fraction of sp³-hybridized carbons (Fsp3) is 0.889. The Labute approximate surface area is 85.6 Å². The molecule has 5 heteroatoms. The minimum Gasteiger partial charge on any atom is -0.371 e. The van der Waals surface area contributed by atoms with Gasteiger partial charge in [0.1, 0.15) is 15.4 Å². The molecule has 1 unspecified atom stereocenters. The molecular formula is C9H18O4S. The lowest BCUT2D eigenvalue weighted by Gasteiger charge is -2.24. The van der Waals surface area contributed by atoms with Gasteiger partial charge in [-0.3, -0.25) is 4.79 Å². The Morgan fingerprint density at radius 1 is 1.43 bits per heavy atom. The summed E-state index contributed by atoms with van der Waals surface area (Å²) in [6, 6.07) is 0. The van der Waals surface area contributed by atoms with Gasteiger partial charge in [0.05, 0.1) is 5.75 Å². The molecule has 84 valence electrons. The summed E-state index contributed by atoms with van der Waals surface area (Å²) in [5.41, 5.74) is -0.843. The molecule has 4 nitrogen and oxygen atoms in total. The van der Waals surface area contributed by atoms with Crippen LogP contribution in [0, 0.1) is 0 Å². The zero-order valence-corrected chi connectivity index (χ0v) is 9.98. The normalized spacial score (nSPS) is 16.3. The maximum atomic E-state index is 11.6. The first-order valence-corrected chi connectivity index (χ1v) is 6.57. The summed E-state index contributed by atoms with van der Waals surface area (Å²) in [6.07, 6.45) is 1.69. The molecule has 0 fully saturated rings. The Bertz CT molecular complexity index is 288. The van der Waals surface area contributed by atoms with Crippen LogP contribution in [-0.2, 0) is 19.4 Å². The van der Waals surface area contributed by atoms with Gasteiger partial charge in [-0.25, -0.2) is 8.42 Å². The molecule has 14 heavy (non-hydrogen) atoms. The maximum absolute atomic E-state index is 11.6. The molecular weight excluding hydrogens is 204 g/mol. The smallest absolute Gasteiger partial charge is 0.165 e. The van der Waals surface area contributed by atoms with Crippen LogP contribution in [0.15, 0.2) is 0 Å². The Morgan fingerprint density at radius 2 is 1.93 bits per heavy atom. The van der Waals surface area contributed by atoms with Gasteiger partial charge in [0, 0.05) is 19.8 Å². The third-order valence-corrected chi connectivity index (χ3v) is 3.36. The van der Waals surface area contributed by atoms with Gasteiger partial charge in [0.2, 0.25) is 0 Å². The van der Waals surface area contributed by atoms with Crippen LogP contribution in [0.25, 0.3) is 0 Å². The molecule has 0 heterocycles. The average molecular weight is 222 g/mol. The number of hydrogen-bond donors (Lipinski definition) is 0. The molecule has 0 aliphatic rings. The number of methoxy groups -OCH3 is 1. The summed E-state index contributed by atoms with van der Waals surface area (Å²) in [4.78, 5) is 11.6. The fourth-order valence-corrected chi connectivity index (χ4v) is 1.55. The van der Waals surface area contributed by atoms with Crippen molar-refractivity contribution in [3.05, 3.63) is 0 Å².